The maximum absolute atomic E-state index is 12.2. The number of nitro groups is 2. The number of hydrogen-bond donors (Lipinski definition) is 1. The Balaban J connectivity index is 1.77. The molecule has 130 valence electrons. The van der Waals surface area contributed by atoms with Crippen LogP contribution < -0.4 is 5.43 Å². The van der Waals surface area contributed by atoms with E-state index in [2.05, 4.69) is 10.5 Å². The molecular weight excluding hydrogens is 360 g/mol. The molecule has 3 aromatic rings. The molecule has 1 aromatic heterocycles. The first-order valence-corrected chi connectivity index (χ1v) is 8.02. The van der Waals surface area contributed by atoms with Crippen LogP contribution in [-0.2, 0) is 0 Å². The molecule has 1 N–H and O–H groups in total. The second kappa shape index (κ2) is 7.07. The van der Waals surface area contributed by atoms with E-state index >= 15 is 0 Å². The lowest BCUT2D eigenvalue weighted by Crippen LogP contribution is -2.16. The average molecular weight is 370 g/mol. The predicted octanol–water partition coefficient (Wildman–Crippen LogP) is 3.48. The molecule has 0 bridgehead atoms. The van der Waals surface area contributed by atoms with Gasteiger partial charge in [0.2, 0.25) is 0 Å². The van der Waals surface area contributed by atoms with Gasteiger partial charge in [-0.15, -0.1) is 11.3 Å². The van der Waals surface area contributed by atoms with E-state index in [1.165, 1.54) is 42.6 Å². The zero-order valence-corrected chi connectivity index (χ0v) is 13.8. The van der Waals surface area contributed by atoms with E-state index in [-0.39, 0.29) is 16.9 Å². The minimum atomic E-state index is -0.540. The zero-order valence-electron chi connectivity index (χ0n) is 13.0. The number of para-hydroxylation sites is 1. The Labute approximate surface area is 149 Å². The first kappa shape index (κ1) is 17.2. The summed E-state index contributed by atoms with van der Waals surface area (Å²) in [6, 6.07) is 11.9. The Kier molecular flexibility index (Phi) is 4.67. The Morgan fingerprint density at radius 3 is 2.58 bits per heavy atom. The molecule has 0 aliphatic heterocycles. The summed E-state index contributed by atoms with van der Waals surface area (Å²) in [6.45, 7) is 0. The Morgan fingerprint density at radius 2 is 1.85 bits per heavy atom. The number of hydrazone groups is 1. The molecule has 0 atom stereocenters. The molecule has 26 heavy (non-hydrogen) atoms. The van der Waals surface area contributed by atoms with Crippen molar-refractivity contribution in [2.45, 2.75) is 0 Å². The van der Waals surface area contributed by atoms with Gasteiger partial charge in [0.05, 0.1) is 26.5 Å². The Hall–Kier alpha value is -3.66. The van der Waals surface area contributed by atoms with Crippen LogP contribution in [0.2, 0.25) is 0 Å². The SMILES string of the molecule is O=C(NN=Cc1ccccc1[N+](=O)[O-])c1cc2cc([N+](=O)[O-])ccc2s1. The van der Waals surface area contributed by atoms with Crippen molar-refractivity contribution in [1.82, 2.24) is 5.43 Å². The molecule has 0 saturated carbocycles. The number of amides is 1. The van der Waals surface area contributed by atoms with Crippen molar-refractivity contribution < 1.29 is 14.6 Å². The van der Waals surface area contributed by atoms with Crippen molar-refractivity contribution in [3.8, 4) is 0 Å². The highest BCUT2D eigenvalue weighted by Gasteiger charge is 2.13. The van der Waals surface area contributed by atoms with Crippen LogP contribution in [0.25, 0.3) is 10.1 Å². The van der Waals surface area contributed by atoms with Crippen LogP contribution in [0.4, 0.5) is 11.4 Å². The van der Waals surface area contributed by atoms with Gasteiger partial charge in [0.15, 0.2) is 0 Å². The van der Waals surface area contributed by atoms with E-state index in [0.717, 1.165) is 16.0 Å². The number of fused-ring (bicyclic) bond motifs is 1. The van der Waals surface area contributed by atoms with Gasteiger partial charge in [-0.2, -0.15) is 5.10 Å². The quantitative estimate of drug-likeness (QED) is 0.418. The number of nitrogens with zero attached hydrogens (tertiary/aromatic N) is 3. The van der Waals surface area contributed by atoms with Crippen molar-refractivity contribution >= 4 is 44.9 Å². The maximum atomic E-state index is 12.2. The van der Waals surface area contributed by atoms with Crippen molar-refractivity contribution in [2.24, 2.45) is 5.10 Å². The number of carbonyl (C=O) groups excluding carboxylic acids is 1. The molecule has 1 amide bonds. The number of non-ortho nitro benzene ring substituents is 1. The van der Waals surface area contributed by atoms with Gasteiger partial charge in [0.1, 0.15) is 0 Å². The topological polar surface area (TPSA) is 128 Å². The van der Waals surface area contributed by atoms with Crippen LogP contribution >= 0.6 is 11.3 Å². The van der Waals surface area contributed by atoms with Crippen molar-refractivity contribution in [2.75, 3.05) is 0 Å². The van der Waals surface area contributed by atoms with Crippen molar-refractivity contribution in [1.29, 1.82) is 0 Å². The van der Waals surface area contributed by atoms with Gasteiger partial charge >= 0.3 is 0 Å². The molecule has 0 fully saturated rings. The first-order chi connectivity index (χ1) is 12.5. The molecule has 9 nitrogen and oxygen atoms in total. The summed E-state index contributed by atoms with van der Waals surface area (Å²) in [5.74, 6) is -0.510. The molecule has 0 radical (unpaired) electrons. The van der Waals surface area contributed by atoms with E-state index in [4.69, 9.17) is 0 Å². The van der Waals surface area contributed by atoms with Gasteiger partial charge in [-0.25, -0.2) is 5.43 Å². The third kappa shape index (κ3) is 3.54. The Morgan fingerprint density at radius 1 is 1.08 bits per heavy atom. The fourth-order valence-corrected chi connectivity index (χ4v) is 3.17. The van der Waals surface area contributed by atoms with Crippen LogP contribution in [0.15, 0.2) is 53.6 Å². The third-order valence-electron chi connectivity index (χ3n) is 3.44. The van der Waals surface area contributed by atoms with Gasteiger partial charge in [-0.05, 0) is 18.2 Å². The van der Waals surface area contributed by atoms with E-state index in [0.29, 0.717) is 10.3 Å². The van der Waals surface area contributed by atoms with Crippen LogP contribution in [0, 0.1) is 20.2 Å². The highest BCUT2D eigenvalue weighted by Crippen LogP contribution is 2.28. The number of benzene rings is 2. The smallest absolute Gasteiger partial charge is 0.266 e. The molecule has 2 aromatic carbocycles. The lowest BCUT2D eigenvalue weighted by atomic mass is 10.2. The van der Waals surface area contributed by atoms with Gasteiger partial charge in [0.25, 0.3) is 17.3 Å². The molecular formula is C16H10N4O5S. The normalized spacial score (nSPS) is 10.9. The third-order valence-corrected chi connectivity index (χ3v) is 4.55. The van der Waals surface area contributed by atoms with Gasteiger partial charge in [-0.1, -0.05) is 12.1 Å². The van der Waals surface area contributed by atoms with Crippen molar-refractivity contribution in [3.05, 3.63) is 79.2 Å². The summed E-state index contributed by atoms with van der Waals surface area (Å²) >= 11 is 1.16. The number of carbonyl (C=O) groups is 1. The lowest BCUT2D eigenvalue weighted by Gasteiger charge is -1.97. The highest BCUT2D eigenvalue weighted by molar-refractivity contribution is 7.20. The van der Waals surface area contributed by atoms with Crippen LogP contribution in [0.1, 0.15) is 15.2 Å². The monoisotopic (exact) mass is 370 g/mol. The Bertz CT molecular complexity index is 1060. The average Bonchev–Trinajstić information content (AvgIpc) is 3.05. The fourth-order valence-electron chi connectivity index (χ4n) is 2.23. The molecule has 0 unspecified atom stereocenters. The molecule has 10 heteroatoms. The largest absolute Gasteiger partial charge is 0.281 e. The molecule has 0 aliphatic rings. The van der Waals surface area contributed by atoms with Crippen LogP contribution in [0.5, 0.6) is 0 Å². The van der Waals surface area contributed by atoms with Crippen LogP contribution in [0.3, 0.4) is 0 Å². The molecule has 1 heterocycles. The summed E-state index contributed by atoms with van der Waals surface area (Å²) in [4.78, 5) is 33.2. The molecule has 0 spiro atoms. The number of nitro benzene ring substituents is 2. The lowest BCUT2D eigenvalue weighted by molar-refractivity contribution is -0.385. The molecule has 0 aliphatic carbocycles. The summed E-state index contributed by atoms with van der Waals surface area (Å²) in [6.07, 6.45) is 1.19. The molecule has 0 saturated heterocycles. The van der Waals surface area contributed by atoms with Gasteiger partial charge < -0.3 is 0 Å². The minimum absolute atomic E-state index is 0.0586. The van der Waals surface area contributed by atoms with Gasteiger partial charge in [-0.3, -0.25) is 25.0 Å². The first-order valence-electron chi connectivity index (χ1n) is 7.20. The fraction of sp³-hybridized carbons (Fsp3) is 0. The van der Waals surface area contributed by atoms with Gasteiger partial charge in [0, 0.05) is 28.3 Å². The number of thiophene rings is 1. The maximum Gasteiger partial charge on any atom is 0.281 e. The minimum Gasteiger partial charge on any atom is -0.266 e. The number of rotatable bonds is 5. The predicted molar refractivity (Wildman–Crippen MR) is 96.6 cm³/mol. The van der Waals surface area contributed by atoms with E-state index in [1.807, 2.05) is 0 Å². The van der Waals surface area contributed by atoms with E-state index in [1.54, 1.807) is 12.1 Å². The zero-order chi connectivity index (χ0) is 18.7. The van der Waals surface area contributed by atoms with E-state index < -0.39 is 15.8 Å². The highest BCUT2D eigenvalue weighted by atomic mass is 32.1. The van der Waals surface area contributed by atoms with E-state index in [9.17, 15) is 25.0 Å². The summed E-state index contributed by atoms with van der Waals surface area (Å²) in [5, 5.41) is 26.1. The van der Waals surface area contributed by atoms with Crippen LogP contribution in [-0.4, -0.2) is 22.0 Å². The second-order valence-corrected chi connectivity index (χ2v) is 6.19. The second-order valence-electron chi connectivity index (χ2n) is 5.10. The number of nitrogens with one attached hydrogen (secondary N) is 1. The summed E-state index contributed by atoms with van der Waals surface area (Å²) in [5.41, 5.74) is 2.37. The standard InChI is InChI=1S/C16H10N4O5S/c21-16(18-17-9-10-3-1-2-4-13(10)20(24)25)15-8-11-7-12(19(22)23)5-6-14(11)26-15/h1-9H,(H,18,21). The molecule has 3 rings (SSSR count). The number of hydrogen-bond acceptors (Lipinski definition) is 7. The summed E-state index contributed by atoms with van der Waals surface area (Å²) in [7, 11) is 0. The van der Waals surface area contributed by atoms with Crippen molar-refractivity contribution in [3.63, 3.8) is 0 Å². The summed E-state index contributed by atoms with van der Waals surface area (Å²) < 4.78 is 0.725.